The maximum absolute atomic E-state index is 12.1. The fraction of sp³-hybridized carbons (Fsp3) is 0.333. The summed E-state index contributed by atoms with van der Waals surface area (Å²) in [7, 11) is 0. The zero-order valence-electron chi connectivity index (χ0n) is 10.2. The van der Waals surface area contributed by atoms with E-state index < -0.39 is 25.0 Å². The van der Waals surface area contributed by atoms with Gasteiger partial charge in [-0.25, -0.2) is 8.78 Å². The second-order valence-electron chi connectivity index (χ2n) is 4.16. The van der Waals surface area contributed by atoms with Crippen LogP contribution in [0.1, 0.15) is 10.4 Å². The van der Waals surface area contributed by atoms with Crippen LogP contribution in [0, 0.1) is 0 Å². The molecular weight excluding hydrogens is 274 g/mol. The van der Waals surface area contributed by atoms with E-state index >= 15 is 0 Å². The van der Waals surface area contributed by atoms with Crippen molar-refractivity contribution in [3.63, 3.8) is 0 Å². The number of carbonyl (C=O) groups is 2. The first kappa shape index (κ1) is 14.2. The highest BCUT2D eigenvalue weighted by atomic mass is 19.3. The number of aliphatic hydroxyl groups excluding tert-OH is 1. The van der Waals surface area contributed by atoms with Gasteiger partial charge in [-0.3, -0.25) is 9.59 Å². The number of fused-ring (bicyclic) bond motifs is 1. The zero-order chi connectivity index (χ0) is 14.7. The number of rotatable bonds is 4. The molecule has 20 heavy (non-hydrogen) atoms. The number of halogens is 2. The van der Waals surface area contributed by atoms with Gasteiger partial charge in [-0.05, 0) is 18.2 Å². The van der Waals surface area contributed by atoms with Gasteiger partial charge in [0, 0.05) is 12.1 Å². The van der Waals surface area contributed by atoms with Crippen LogP contribution >= 0.6 is 0 Å². The van der Waals surface area contributed by atoms with Crippen LogP contribution in [-0.4, -0.2) is 42.6 Å². The number of hydrogen-bond donors (Lipinski definition) is 3. The summed E-state index contributed by atoms with van der Waals surface area (Å²) < 4.78 is 29.3. The third-order valence-electron chi connectivity index (χ3n) is 2.64. The van der Waals surface area contributed by atoms with E-state index in [0.29, 0.717) is 11.4 Å². The Kier molecular flexibility index (Phi) is 4.14. The third-order valence-corrected chi connectivity index (χ3v) is 2.64. The standard InChI is InChI=1S/C12H12F2N2O4/c13-11(14)8(17)4-15-12(19)6-1-2-9-7(3-6)16-10(18)5-20-9/h1-3,8,11,17H,4-5H2,(H,15,19)(H,16,18). The monoisotopic (exact) mass is 286 g/mol. The lowest BCUT2D eigenvalue weighted by Crippen LogP contribution is -2.36. The average Bonchev–Trinajstić information content (AvgIpc) is 2.43. The second kappa shape index (κ2) is 5.83. The number of alkyl halides is 2. The molecule has 0 bridgehead atoms. The number of anilines is 1. The predicted molar refractivity (Wildman–Crippen MR) is 64.9 cm³/mol. The molecule has 0 spiro atoms. The van der Waals surface area contributed by atoms with E-state index in [0.717, 1.165) is 0 Å². The largest absolute Gasteiger partial charge is 0.482 e. The van der Waals surface area contributed by atoms with E-state index in [1.807, 2.05) is 0 Å². The summed E-state index contributed by atoms with van der Waals surface area (Å²) in [5, 5.41) is 13.6. The SMILES string of the molecule is O=C1COc2ccc(C(=O)NCC(O)C(F)F)cc2N1. The van der Waals surface area contributed by atoms with E-state index in [1.165, 1.54) is 18.2 Å². The Labute approximate surface area is 112 Å². The van der Waals surface area contributed by atoms with Crippen LogP contribution in [-0.2, 0) is 4.79 Å². The Bertz CT molecular complexity index is 536. The molecule has 0 aliphatic carbocycles. The summed E-state index contributed by atoms with van der Waals surface area (Å²) in [6, 6.07) is 4.30. The van der Waals surface area contributed by atoms with Gasteiger partial charge in [-0.15, -0.1) is 0 Å². The molecule has 0 radical (unpaired) electrons. The molecule has 1 atom stereocenters. The van der Waals surface area contributed by atoms with Crippen LogP contribution in [0.3, 0.4) is 0 Å². The van der Waals surface area contributed by atoms with E-state index in [1.54, 1.807) is 0 Å². The summed E-state index contributed by atoms with van der Waals surface area (Å²) in [6.45, 7) is -0.657. The van der Waals surface area contributed by atoms with Gasteiger partial charge < -0.3 is 20.5 Å². The van der Waals surface area contributed by atoms with Crippen molar-refractivity contribution < 1.29 is 28.2 Å². The second-order valence-corrected chi connectivity index (χ2v) is 4.16. The zero-order valence-corrected chi connectivity index (χ0v) is 10.2. The quantitative estimate of drug-likeness (QED) is 0.746. The van der Waals surface area contributed by atoms with Crippen LogP contribution in [0.2, 0.25) is 0 Å². The fourth-order valence-electron chi connectivity index (χ4n) is 1.61. The molecule has 1 heterocycles. The molecule has 2 amide bonds. The van der Waals surface area contributed by atoms with Crippen molar-refractivity contribution in [3.05, 3.63) is 23.8 Å². The highest BCUT2D eigenvalue weighted by Crippen LogP contribution is 2.28. The third kappa shape index (κ3) is 3.21. The number of benzene rings is 1. The van der Waals surface area contributed by atoms with Gasteiger partial charge in [0.15, 0.2) is 6.61 Å². The molecule has 1 aromatic rings. The van der Waals surface area contributed by atoms with Gasteiger partial charge in [-0.1, -0.05) is 0 Å². The lowest BCUT2D eigenvalue weighted by atomic mass is 10.1. The van der Waals surface area contributed by atoms with Crippen molar-refractivity contribution in [3.8, 4) is 5.75 Å². The molecule has 1 aromatic carbocycles. The van der Waals surface area contributed by atoms with Gasteiger partial charge in [0.25, 0.3) is 18.2 Å². The number of hydrogen-bond acceptors (Lipinski definition) is 4. The first-order valence-corrected chi connectivity index (χ1v) is 5.78. The van der Waals surface area contributed by atoms with Crippen molar-refractivity contribution in [1.29, 1.82) is 0 Å². The summed E-state index contributed by atoms with van der Waals surface area (Å²) in [5.41, 5.74) is 0.499. The predicted octanol–water partition coefficient (Wildman–Crippen LogP) is 0.373. The summed E-state index contributed by atoms with van der Waals surface area (Å²) in [4.78, 5) is 22.9. The molecule has 108 valence electrons. The van der Waals surface area contributed by atoms with Gasteiger partial charge in [0.05, 0.1) is 5.69 Å². The van der Waals surface area contributed by atoms with Crippen molar-refractivity contribution in [2.24, 2.45) is 0 Å². The number of ether oxygens (including phenoxy) is 1. The average molecular weight is 286 g/mol. The van der Waals surface area contributed by atoms with Crippen molar-refractivity contribution in [1.82, 2.24) is 5.32 Å². The van der Waals surface area contributed by atoms with Crippen LogP contribution in [0.5, 0.6) is 5.75 Å². The molecule has 0 fully saturated rings. The Morgan fingerprint density at radius 1 is 1.50 bits per heavy atom. The first-order chi connectivity index (χ1) is 9.47. The van der Waals surface area contributed by atoms with Crippen LogP contribution in [0.15, 0.2) is 18.2 Å². The first-order valence-electron chi connectivity index (χ1n) is 5.78. The number of carbonyl (C=O) groups excluding carboxylic acids is 2. The Hall–Kier alpha value is -2.22. The smallest absolute Gasteiger partial charge is 0.265 e. The molecule has 1 aliphatic heterocycles. The minimum atomic E-state index is -2.92. The Morgan fingerprint density at radius 3 is 2.95 bits per heavy atom. The lowest BCUT2D eigenvalue weighted by Gasteiger charge is -2.18. The van der Waals surface area contributed by atoms with Crippen molar-refractivity contribution in [2.45, 2.75) is 12.5 Å². The molecule has 6 nitrogen and oxygen atoms in total. The van der Waals surface area contributed by atoms with E-state index in [2.05, 4.69) is 10.6 Å². The summed E-state index contributed by atoms with van der Waals surface area (Å²) in [6.07, 6.45) is -4.84. The number of amides is 2. The van der Waals surface area contributed by atoms with Gasteiger partial charge >= 0.3 is 0 Å². The van der Waals surface area contributed by atoms with Gasteiger partial charge in [0.1, 0.15) is 11.9 Å². The van der Waals surface area contributed by atoms with Crippen molar-refractivity contribution in [2.75, 3.05) is 18.5 Å². The van der Waals surface area contributed by atoms with E-state index in [9.17, 15) is 18.4 Å². The number of aliphatic hydroxyl groups is 1. The summed E-state index contributed by atoms with van der Waals surface area (Å²) >= 11 is 0. The highest BCUT2D eigenvalue weighted by Gasteiger charge is 2.20. The minimum Gasteiger partial charge on any atom is -0.482 e. The molecular formula is C12H12F2N2O4. The molecule has 0 saturated carbocycles. The van der Waals surface area contributed by atoms with Crippen LogP contribution < -0.4 is 15.4 Å². The van der Waals surface area contributed by atoms with E-state index in [4.69, 9.17) is 9.84 Å². The molecule has 2 rings (SSSR count). The molecule has 8 heteroatoms. The Balaban J connectivity index is 2.04. The van der Waals surface area contributed by atoms with Crippen LogP contribution in [0.4, 0.5) is 14.5 Å². The molecule has 1 unspecified atom stereocenters. The molecule has 0 aromatic heterocycles. The maximum atomic E-state index is 12.1. The van der Waals surface area contributed by atoms with E-state index in [-0.39, 0.29) is 18.1 Å². The molecule has 0 saturated heterocycles. The minimum absolute atomic E-state index is 0.0981. The Morgan fingerprint density at radius 2 is 2.25 bits per heavy atom. The number of nitrogens with one attached hydrogen (secondary N) is 2. The maximum Gasteiger partial charge on any atom is 0.265 e. The van der Waals surface area contributed by atoms with Gasteiger partial charge in [-0.2, -0.15) is 0 Å². The van der Waals surface area contributed by atoms with Gasteiger partial charge in [0.2, 0.25) is 0 Å². The molecule has 1 aliphatic rings. The topological polar surface area (TPSA) is 87.7 Å². The normalized spacial score (nSPS) is 15.1. The summed E-state index contributed by atoms with van der Waals surface area (Å²) in [5.74, 6) is -0.552. The molecule has 3 N–H and O–H groups in total. The van der Waals surface area contributed by atoms with Crippen molar-refractivity contribution >= 4 is 17.5 Å². The van der Waals surface area contributed by atoms with Crippen LogP contribution in [0.25, 0.3) is 0 Å². The highest BCUT2D eigenvalue weighted by molar-refractivity contribution is 5.99. The fourth-order valence-corrected chi connectivity index (χ4v) is 1.61. The lowest BCUT2D eigenvalue weighted by molar-refractivity contribution is -0.118.